The van der Waals surface area contributed by atoms with Crippen LogP contribution < -0.4 is 16.1 Å². The van der Waals surface area contributed by atoms with Crippen LogP contribution in [0.4, 0.5) is 0 Å². The standard InChI is InChI=1S/C30H40N4O5/c1-21(2)16-23(18-28(35)34-38)29(36)33-27(17-24-19-32-26-13-7-6-12-25(24)26)30(37)31-14-8-9-15-39-20-22-10-4-3-5-11-22/h3-7,10-13,19,21,23,27,32,38H,8-9,14-18,20H2,1-2H3,(H,31,37)(H,33,36)(H,34,35)/t23-,27+/m1/s1. The molecule has 1 heterocycles. The fourth-order valence-corrected chi connectivity index (χ4v) is 4.57. The van der Waals surface area contributed by atoms with E-state index < -0.39 is 17.9 Å². The number of aromatic amines is 1. The van der Waals surface area contributed by atoms with Crippen LogP contribution in [-0.4, -0.2) is 47.1 Å². The average Bonchev–Trinajstić information content (AvgIpc) is 3.34. The summed E-state index contributed by atoms with van der Waals surface area (Å²) in [4.78, 5) is 41.5. The van der Waals surface area contributed by atoms with Crippen LogP contribution in [0.1, 0.15) is 50.7 Å². The third kappa shape index (κ3) is 9.85. The number of carbonyl (C=O) groups is 3. The van der Waals surface area contributed by atoms with E-state index in [1.807, 2.05) is 74.6 Å². The summed E-state index contributed by atoms with van der Waals surface area (Å²) < 4.78 is 5.71. The number of rotatable bonds is 16. The first kappa shape index (κ1) is 29.9. The molecule has 0 bridgehead atoms. The van der Waals surface area contributed by atoms with Crippen LogP contribution in [0, 0.1) is 11.8 Å². The van der Waals surface area contributed by atoms with Crippen molar-refractivity contribution in [2.24, 2.45) is 11.8 Å². The molecule has 0 spiro atoms. The molecule has 3 aromatic rings. The summed E-state index contributed by atoms with van der Waals surface area (Å²) in [5.41, 5.74) is 4.58. The van der Waals surface area contributed by atoms with Gasteiger partial charge in [-0.25, -0.2) is 5.48 Å². The van der Waals surface area contributed by atoms with E-state index in [9.17, 15) is 14.4 Å². The molecule has 5 N–H and O–H groups in total. The van der Waals surface area contributed by atoms with Crippen molar-refractivity contribution in [3.05, 3.63) is 71.9 Å². The zero-order valence-electron chi connectivity index (χ0n) is 22.7. The number of ether oxygens (including phenoxy) is 1. The van der Waals surface area contributed by atoms with Gasteiger partial charge in [-0.3, -0.25) is 19.6 Å². The number of benzene rings is 2. The van der Waals surface area contributed by atoms with E-state index in [0.717, 1.165) is 34.9 Å². The normalized spacial score (nSPS) is 12.7. The number of amides is 3. The largest absolute Gasteiger partial charge is 0.377 e. The molecule has 2 atom stereocenters. The molecular weight excluding hydrogens is 496 g/mol. The molecule has 0 unspecified atom stereocenters. The molecule has 9 nitrogen and oxygen atoms in total. The van der Waals surface area contributed by atoms with E-state index in [4.69, 9.17) is 9.94 Å². The maximum atomic E-state index is 13.3. The number of nitrogens with one attached hydrogen (secondary N) is 4. The summed E-state index contributed by atoms with van der Waals surface area (Å²) in [6.07, 6.45) is 3.96. The minimum Gasteiger partial charge on any atom is -0.377 e. The Hall–Kier alpha value is -3.69. The smallest absolute Gasteiger partial charge is 0.244 e. The maximum absolute atomic E-state index is 13.3. The van der Waals surface area contributed by atoms with Crippen LogP contribution in [0.3, 0.4) is 0 Å². The van der Waals surface area contributed by atoms with E-state index in [0.29, 0.717) is 32.6 Å². The predicted octanol–water partition coefficient (Wildman–Crippen LogP) is 3.87. The Morgan fingerprint density at radius 2 is 1.72 bits per heavy atom. The second-order valence-corrected chi connectivity index (χ2v) is 10.2. The number of carbonyl (C=O) groups excluding carboxylic acids is 3. The zero-order chi connectivity index (χ0) is 28.0. The Morgan fingerprint density at radius 1 is 0.974 bits per heavy atom. The highest BCUT2D eigenvalue weighted by Crippen LogP contribution is 2.20. The van der Waals surface area contributed by atoms with Crippen LogP contribution in [-0.2, 0) is 32.1 Å². The van der Waals surface area contributed by atoms with Gasteiger partial charge >= 0.3 is 0 Å². The van der Waals surface area contributed by atoms with Gasteiger partial charge in [0.05, 0.1) is 6.61 Å². The lowest BCUT2D eigenvalue weighted by atomic mass is 9.92. The molecule has 39 heavy (non-hydrogen) atoms. The van der Waals surface area contributed by atoms with Gasteiger partial charge in [0, 0.05) is 49.0 Å². The molecule has 3 amide bonds. The number of aromatic nitrogens is 1. The highest BCUT2D eigenvalue weighted by atomic mass is 16.5. The molecule has 0 aliphatic heterocycles. The summed E-state index contributed by atoms with van der Waals surface area (Å²) in [5.74, 6) is -1.83. The van der Waals surface area contributed by atoms with Crippen molar-refractivity contribution >= 4 is 28.6 Å². The predicted molar refractivity (Wildman–Crippen MR) is 150 cm³/mol. The monoisotopic (exact) mass is 536 g/mol. The number of hydrogen-bond donors (Lipinski definition) is 5. The van der Waals surface area contributed by atoms with E-state index in [-0.39, 0.29) is 24.2 Å². The maximum Gasteiger partial charge on any atom is 0.244 e. The van der Waals surface area contributed by atoms with Crippen molar-refractivity contribution in [3.63, 3.8) is 0 Å². The Bertz CT molecular complexity index is 1190. The first-order valence-electron chi connectivity index (χ1n) is 13.5. The Balaban J connectivity index is 1.59. The average molecular weight is 537 g/mol. The van der Waals surface area contributed by atoms with Crippen molar-refractivity contribution in [2.45, 2.75) is 58.6 Å². The van der Waals surface area contributed by atoms with Crippen molar-refractivity contribution in [2.75, 3.05) is 13.2 Å². The summed E-state index contributed by atoms with van der Waals surface area (Å²) in [7, 11) is 0. The molecule has 0 aliphatic rings. The highest BCUT2D eigenvalue weighted by Gasteiger charge is 2.28. The summed E-state index contributed by atoms with van der Waals surface area (Å²) in [6, 6.07) is 16.9. The Kier molecular flexibility index (Phi) is 12.0. The molecule has 3 rings (SSSR count). The van der Waals surface area contributed by atoms with Crippen LogP contribution >= 0.6 is 0 Å². The van der Waals surface area contributed by atoms with Gasteiger partial charge in [0.25, 0.3) is 0 Å². The van der Waals surface area contributed by atoms with Gasteiger partial charge in [0.1, 0.15) is 6.04 Å². The topological polar surface area (TPSA) is 133 Å². The molecule has 9 heteroatoms. The fourth-order valence-electron chi connectivity index (χ4n) is 4.57. The molecule has 0 aliphatic carbocycles. The number of hydroxylamine groups is 1. The fraction of sp³-hybridized carbons (Fsp3) is 0.433. The molecule has 210 valence electrons. The van der Waals surface area contributed by atoms with Gasteiger partial charge < -0.3 is 20.4 Å². The van der Waals surface area contributed by atoms with Gasteiger partial charge in [-0.05, 0) is 42.4 Å². The minimum atomic E-state index is -0.821. The summed E-state index contributed by atoms with van der Waals surface area (Å²) in [5, 5.41) is 15.8. The first-order chi connectivity index (χ1) is 18.9. The van der Waals surface area contributed by atoms with Gasteiger partial charge in [0.15, 0.2) is 0 Å². The van der Waals surface area contributed by atoms with Crippen LogP contribution in [0.5, 0.6) is 0 Å². The summed E-state index contributed by atoms with van der Waals surface area (Å²) >= 11 is 0. The van der Waals surface area contributed by atoms with Crippen molar-refractivity contribution in [1.29, 1.82) is 0 Å². The van der Waals surface area contributed by atoms with E-state index in [2.05, 4.69) is 15.6 Å². The van der Waals surface area contributed by atoms with Crippen molar-refractivity contribution < 1.29 is 24.3 Å². The first-order valence-corrected chi connectivity index (χ1v) is 13.5. The van der Waals surface area contributed by atoms with E-state index in [1.165, 1.54) is 0 Å². The van der Waals surface area contributed by atoms with Crippen molar-refractivity contribution in [1.82, 2.24) is 21.1 Å². The SMILES string of the molecule is CC(C)C[C@H](CC(=O)NO)C(=O)N[C@@H](Cc1c[nH]c2ccccc12)C(=O)NCCCCOCc1ccccc1. The summed E-state index contributed by atoms with van der Waals surface area (Å²) in [6.45, 7) is 5.51. The second kappa shape index (κ2) is 15.7. The van der Waals surface area contributed by atoms with E-state index in [1.54, 1.807) is 5.48 Å². The second-order valence-electron chi connectivity index (χ2n) is 10.2. The third-order valence-corrected chi connectivity index (χ3v) is 6.54. The number of para-hydroxylation sites is 1. The van der Waals surface area contributed by atoms with E-state index >= 15 is 0 Å². The molecule has 0 saturated carbocycles. The molecular formula is C30H40N4O5. The lowest BCUT2D eigenvalue weighted by Crippen LogP contribution is -2.50. The van der Waals surface area contributed by atoms with Gasteiger partial charge in [0.2, 0.25) is 17.7 Å². The van der Waals surface area contributed by atoms with Crippen LogP contribution in [0.2, 0.25) is 0 Å². The molecule has 0 fully saturated rings. The van der Waals surface area contributed by atoms with Gasteiger partial charge in [-0.2, -0.15) is 0 Å². The number of H-pyrrole nitrogens is 1. The van der Waals surface area contributed by atoms with Crippen LogP contribution in [0.15, 0.2) is 60.8 Å². The Labute approximate surface area is 229 Å². The minimum absolute atomic E-state index is 0.150. The Morgan fingerprint density at radius 3 is 2.46 bits per heavy atom. The van der Waals surface area contributed by atoms with Crippen LogP contribution in [0.25, 0.3) is 10.9 Å². The molecule has 2 aromatic carbocycles. The number of unbranched alkanes of at least 4 members (excludes halogenated alkanes) is 1. The molecule has 1 aromatic heterocycles. The van der Waals surface area contributed by atoms with Gasteiger partial charge in [-0.15, -0.1) is 0 Å². The number of fused-ring (bicyclic) bond motifs is 1. The van der Waals surface area contributed by atoms with Gasteiger partial charge in [-0.1, -0.05) is 62.4 Å². The lowest BCUT2D eigenvalue weighted by Gasteiger charge is -2.23. The van der Waals surface area contributed by atoms with Crippen molar-refractivity contribution in [3.8, 4) is 0 Å². The third-order valence-electron chi connectivity index (χ3n) is 6.54. The molecule has 0 saturated heterocycles. The lowest BCUT2D eigenvalue weighted by molar-refractivity contribution is -0.136. The molecule has 0 radical (unpaired) electrons. The number of hydrogen-bond acceptors (Lipinski definition) is 5. The highest BCUT2D eigenvalue weighted by molar-refractivity contribution is 5.91. The zero-order valence-corrected chi connectivity index (χ0v) is 22.7. The quantitative estimate of drug-likeness (QED) is 0.108.